The van der Waals surface area contributed by atoms with Gasteiger partial charge in [0.25, 0.3) is 0 Å². The van der Waals surface area contributed by atoms with E-state index in [1.165, 1.54) is 11.4 Å². The molecule has 0 unspecified atom stereocenters. The molecule has 0 aromatic carbocycles. The maximum Gasteiger partial charge on any atom is 0.250 e. The fourth-order valence-electron chi connectivity index (χ4n) is 1.50. The standard InChI is InChI=1S/C11H14N3/c1-9-10(2)14(8-13(9)3)11-6-4-5-7-12-11/h4-8H,1-3H3/q+1. The molecule has 3 heteroatoms. The summed E-state index contributed by atoms with van der Waals surface area (Å²) in [5.41, 5.74) is 2.49. The summed E-state index contributed by atoms with van der Waals surface area (Å²) in [6, 6.07) is 5.93. The number of hydrogen-bond donors (Lipinski definition) is 0. The van der Waals surface area contributed by atoms with Gasteiger partial charge in [0.1, 0.15) is 11.4 Å². The van der Waals surface area contributed by atoms with Crippen molar-refractivity contribution in [3.8, 4) is 5.82 Å². The normalized spacial score (nSPS) is 10.5. The number of imidazole rings is 1. The summed E-state index contributed by atoms with van der Waals surface area (Å²) in [4.78, 5) is 4.31. The number of hydrogen-bond acceptors (Lipinski definition) is 1. The summed E-state index contributed by atoms with van der Waals surface area (Å²) < 4.78 is 4.19. The monoisotopic (exact) mass is 188 g/mol. The minimum Gasteiger partial charge on any atom is -0.236 e. The van der Waals surface area contributed by atoms with Gasteiger partial charge < -0.3 is 0 Å². The van der Waals surface area contributed by atoms with Gasteiger partial charge in [-0.2, -0.15) is 4.57 Å². The van der Waals surface area contributed by atoms with Crippen LogP contribution in [-0.4, -0.2) is 9.55 Å². The highest BCUT2D eigenvalue weighted by Crippen LogP contribution is 2.08. The largest absolute Gasteiger partial charge is 0.250 e. The molecule has 2 rings (SSSR count). The maximum absolute atomic E-state index is 4.31. The van der Waals surface area contributed by atoms with Crippen LogP contribution in [0.25, 0.3) is 5.82 Å². The number of aromatic nitrogens is 3. The van der Waals surface area contributed by atoms with Gasteiger partial charge in [0.05, 0.1) is 7.05 Å². The predicted molar refractivity (Wildman–Crippen MR) is 54.2 cm³/mol. The van der Waals surface area contributed by atoms with Crippen molar-refractivity contribution in [2.75, 3.05) is 0 Å². The summed E-state index contributed by atoms with van der Waals surface area (Å²) in [5, 5.41) is 0. The van der Waals surface area contributed by atoms with Gasteiger partial charge in [-0.05, 0) is 6.07 Å². The molecular weight excluding hydrogens is 174 g/mol. The molecule has 0 aliphatic heterocycles. The third kappa shape index (κ3) is 1.31. The van der Waals surface area contributed by atoms with Gasteiger partial charge in [0.15, 0.2) is 0 Å². The lowest BCUT2D eigenvalue weighted by Crippen LogP contribution is -2.28. The third-order valence-corrected chi connectivity index (χ3v) is 2.60. The molecule has 2 aromatic heterocycles. The number of aryl methyl sites for hydroxylation is 1. The van der Waals surface area contributed by atoms with Crippen LogP contribution in [0, 0.1) is 13.8 Å². The van der Waals surface area contributed by atoms with Crippen LogP contribution in [0.15, 0.2) is 30.7 Å². The van der Waals surface area contributed by atoms with Crippen LogP contribution >= 0.6 is 0 Å². The smallest absolute Gasteiger partial charge is 0.236 e. The second-order valence-corrected chi connectivity index (χ2v) is 3.46. The highest BCUT2D eigenvalue weighted by Gasteiger charge is 2.15. The molecule has 0 bridgehead atoms. The highest BCUT2D eigenvalue weighted by atomic mass is 15.2. The van der Waals surface area contributed by atoms with Gasteiger partial charge in [0, 0.05) is 26.1 Å². The molecule has 2 heterocycles. The molecule has 0 amide bonds. The minimum atomic E-state index is 0.966. The lowest BCUT2D eigenvalue weighted by molar-refractivity contribution is -0.676. The van der Waals surface area contributed by atoms with Crippen molar-refractivity contribution < 1.29 is 4.57 Å². The van der Waals surface area contributed by atoms with Crippen LogP contribution in [0.1, 0.15) is 11.4 Å². The molecule has 0 atom stereocenters. The Hall–Kier alpha value is -1.64. The number of rotatable bonds is 1. The van der Waals surface area contributed by atoms with E-state index < -0.39 is 0 Å². The van der Waals surface area contributed by atoms with Crippen LogP contribution < -0.4 is 4.57 Å². The Balaban J connectivity index is 2.58. The summed E-state index contributed by atoms with van der Waals surface area (Å²) in [5.74, 6) is 0.966. The van der Waals surface area contributed by atoms with E-state index in [0.717, 1.165) is 5.82 Å². The van der Waals surface area contributed by atoms with E-state index in [4.69, 9.17) is 0 Å². The summed E-state index contributed by atoms with van der Waals surface area (Å²) in [6.07, 6.45) is 3.86. The van der Waals surface area contributed by atoms with Gasteiger partial charge in [-0.15, -0.1) is 0 Å². The van der Waals surface area contributed by atoms with Crippen molar-refractivity contribution in [3.05, 3.63) is 42.1 Å². The molecule has 0 saturated carbocycles. The van der Waals surface area contributed by atoms with E-state index in [2.05, 4.69) is 28.0 Å². The number of pyridine rings is 1. The van der Waals surface area contributed by atoms with Crippen molar-refractivity contribution in [2.45, 2.75) is 13.8 Å². The zero-order valence-electron chi connectivity index (χ0n) is 8.73. The summed E-state index contributed by atoms with van der Waals surface area (Å²) >= 11 is 0. The maximum atomic E-state index is 4.31. The van der Waals surface area contributed by atoms with Crippen LogP contribution in [0.2, 0.25) is 0 Å². The van der Waals surface area contributed by atoms with Crippen LogP contribution in [0.3, 0.4) is 0 Å². The first kappa shape index (κ1) is 8.94. The van der Waals surface area contributed by atoms with Gasteiger partial charge >= 0.3 is 0 Å². The van der Waals surface area contributed by atoms with Gasteiger partial charge in [-0.1, -0.05) is 6.07 Å². The first-order chi connectivity index (χ1) is 6.70. The number of nitrogens with zero attached hydrogens (tertiary/aromatic N) is 3. The third-order valence-electron chi connectivity index (χ3n) is 2.60. The first-order valence-electron chi connectivity index (χ1n) is 4.65. The van der Waals surface area contributed by atoms with Crippen LogP contribution in [0.5, 0.6) is 0 Å². The molecule has 0 saturated heterocycles. The second kappa shape index (κ2) is 3.25. The second-order valence-electron chi connectivity index (χ2n) is 3.46. The van der Waals surface area contributed by atoms with E-state index in [0.29, 0.717) is 0 Å². The van der Waals surface area contributed by atoms with Crippen molar-refractivity contribution in [1.82, 2.24) is 9.55 Å². The molecule has 0 aliphatic carbocycles. The van der Waals surface area contributed by atoms with Gasteiger partial charge in [-0.3, -0.25) is 0 Å². The lowest BCUT2D eigenvalue weighted by atomic mass is 10.3. The van der Waals surface area contributed by atoms with Gasteiger partial charge in [0.2, 0.25) is 12.1 Å². The predicted octanol–water partition coefficient (Wildman–Crippen LogP) is 1.31. The fraction of sp³-hybridized carbons (Fsp3) is 0.273. The van der Waals surface area contributed by atoms with Crippen molar-refractivity contribution in [3.63, 3.8) is 0 Å². The Labute approximate surface area is 83.7 Å². The molecular formula is C11H14N3+. The fourth-order valence-corrected chi connectivity index (χ4v) is 1.50. The molecule has 0 radical (unpaired) electrons. The summed E-state index contributed by atoms with van der Waals surface area (Å²) in [6.45, 7) is 4.21. The Morgan fingerprint density at radius 1 is 1.29 bits per heavy atom. The molecule has 2 aromatic rings. The van der Waals surface area contributed by atoms with E-state index in [1.807, 2.05) is 37.8 Å². The van der Waals surface area contributed by atoms with E-state index in [1.54, 1.807) is 0 Å². The molecule has 14 heavy (non-hydrogen) atoms. The quantitative estimate of drug-likeness (QED) is 0.618. The Morgan fingerprint density at radius 3 is 2.57 bits per heavy atom. The molecule has 0 spiro atoms. The summed E-state index contributed by atoms with van der Waals surface area (Å²) in [7, 11) is 2.04. The van der Waals surface area contributed by atoms with Crippen molar-refractivity contribution in [2.24, 2.45) is 7.05 Å². The van der Waals surface area contributed by atoms with E-state index in [-0.39, 0.29) is 0 Å². The molecule has 3 nitrogen and oxygen atoms in total. The molecule has 0 N–H and O–H groups in total. The molecule has 0 fully saturated rings. The average molecular weight is 188 g/mol. The van der Waals surface area contributed by atoms with Gasteiger partial charge in [-0.25, -0.2) is 9.55 Å². The van der Waals surface area contributed by atoms with Crippen molar-refractivity contribution in [1.29, 1.82) is 0 Å². The Morgan fingerprint density at radius 2 is 2.07 bits per heavy atom. The Bertz CT molecular complexity index is 443. The highest BCUT2D eigenvalue weighted by molar-refractivity contribution is 5.25. The lowest BCUT2D eigenvalue weighted by Gasteiger charge is -1.94. The zero-order chi connectivity index (χ0) is 10.1. The van der Waals surface area contributed by atoms with Crippen molar-refractivity contribution >= 4 is 0 Å². The molecule has 72 valence electrons. The topological polar surface area (TPSA) is 21.7 Å². The Kier molecular flexibility index (Phi) is 2.08. The zero-order valence-corrected chi connectivity index (χ0v) is 8.73. The minimum absolute atomic E-state index is 0.966. The molecule has 0 aliphatic rings. The SMILES string of the molecule is Cc1c(C)[n+](C)cn1-c1ccccn1. The van der Waals surface area contributed by atoms with E-state index in [9.17, 15) is 0 Å². The van der Waals surface area contributed by atoms with E-state index >= 15 is 0 Å². The van der Waals surface area contributed by atoms with Crippen LogP contribution in [-0.2, 0) is 7.05 Å². The first-order valence-corrected chi connectivity index (χ1v) is 4.65. The average Bonchev–Trinajstić information content (AvgIpc) is 2.47. The van der Waals surface area contributed by atoms with Crippen LogP contribution in [0.4, 0.5) is 0 Å².